The van der Waals surface area contributed by atoms with Gasteiger partial charge in [0.2, 0.25) is 0 Å². The van der Waals surface area contributed by atoms with Crippen molar-refractivity contribution in [2.45, 2.75) is 19.8 Å². The number of methoxy groups -OCH3 is 1. The van der Waals surface area contributed by atoms with Gasteiger partial charge in [0.05, 0.1) is 17.8 Å². The second-order valence-electron chi connectivity index (χ2n) is 5.70. The van der Waals surface area contributed by atoms with Crippen LogP contribution >= 0.6 is 15.9 Å². The Kier molecular flexibility index (Phi) is 7.01. The fraction of sp³-hybridized carbons (Fsp3) is 0.263. The summed E-state index contributed by atoms with van der Waals surface area (Å²) in [5.41, 5.74) is 4.50. The van der Waals surface area contributed by atoms with Gasteiger partial charge in [0.1, 0.15) is 11.5 Å². The Morgan fingerprint density at radius 3 is 2.56 bits per heavy atom. The zero-order chi connectivity index (χ0) is 18.2. The third-order valence-electron chi connectivity index (χ3n) is 3.50. The van der Waals surface area contributed by atoms with E-state index in [-0.39, 0.29) is 12.5 Å². The molecule has 0 saturated carbocycles. The molecule has 0 unspecified atom stereocenters. The summed E-state index contributed by atoms with van der Waals surface area (Å²) in [5.74, 6) is 1.53. The van der Waals surface area contributed by atoms with Gasteiger partial charge in [0, 0.05) is 0 Å². The molecule has 2 aromatic carbocycles. The van der Waals surface area contributed by atoms with Crippen LogP contribution in [0, 0.1) is 0 Å². The predicted molar refractivity (Wildman–Crippen MR) is 102 cm³/mol. The first kappa shape index (κ1) is 19.0. The molecule has 6 heteroatoms. The summed E-state index contributed by atoms with van der Waals surface area (Å²) in [6.45, 7) is 4.16. The quantitative estimate of drug-likeness (QED) is 0.557. The lowest BCUT2D eigenvalue weighted by Crippen LogP contribution is -2.24. The van der Waals surface area contributed by atoms with E-state index in [2.05, 4.69) is 40.3 Å². The molecule has 2 rings (SSSR count). The van der Waals surface area contributed by atoms with Gasteiger partial charge in [-0.25, -0.2) is 5.43 Å². The number of hydrazone groups is 1. The Balaban J connectivity index is 1.81. The average Bonchev–Trinajstić information content (AvgIpc) is 2.60. The molecule has 0 aliphatic heterocycles. The molecule has 0 aromatic heterocycles. The van der Waals surface area contributed by atoms with Crippen molar-refractivity contribution in [2.75, 3.05) is 13.7 Å². The van der Waals surface area contributed by atoms with Crippen LogP contribution in [-0.4, -0.2) is 25.8 Å². The van der Waals surface area contributed by atoms with Crippen molar-refractivity contribution in [2.24, 2.45) is 5.10 Å². The number of ether oxygens (including phenoxy) is 2. The van der Waals surface area contributed by atoms with Crippen LogP contribution < -0.4 is 14.9 Å². The number of hydrogen-bond acceptors (Lipinski definition) is 4. The Hall–Kier alpha value is -2.34. The van der Waals surface area contributed by atoms with Crippen molar-refractivity contribution in [3.63, 3.8) is 0 Å². The van der Waals surface area contributed by atoms with Crippen molar-refractivity contribution < 1.29 is 14.3 Å². The largest absolute Gasteiger partial charge is 0.496 e. The summed E-state index contributed by atoms with van der Waals surface area (Å²) >= 11 is 3.40. The van der Waals surface area contributed by atoms with E-state index in [9.17, 15) is 4.79 Å². The molecule has 0 spiro atoms. The van der Waals surface area contributed by atoms with E-state index in [0.717, 1.165) is 15.8 Å². The monoisotopic (exact) mass is 404 g/mol. The molecule has 2 aromatic rings. The van der Waals surface area contributed by atoms with Crippen molar-refractivity contribution in [3.05, 3.63) is 58.1 Å². The predicted octanol–water partition coefficient (Wildman–Crippen LogP) is 4.11. The van der Waals surface area contributed by atoms with Crippen LogP contribution in [-0.2, 0) is 4.79 Å². The molecule has 0 radical (unpaired) electrons. The van der Waals surface area contributed by atoms with Gasteiger partial charge in [-0.05, 0) is 63.3 Å². The van der Waals surface area contributed by atoms with Gasteiger partial charge in [-0.1, -0.05) is 26.0 Å². The Bertz CT molecular complexity index is 743. The first-order chi connectivity index (χ1) is 12.0. The van der Waals surface area contributed by atoms with E-state index >= 15 is 0 Å². The lowest BCUT2D eigenvalue weighted by molar-refractivity contribution is -0.123. The minimum Gasteiger partial charge on any atom is -0.496 e. The van der Waals surface area contributed by atoms with Gasteiger partial charge in [0.15, 0.2) is 6.61 Å². The number of halogens is 1. The van der Waals surface area contributed by atoms with Gasteiger partial charge in [0.25, 0.3) is 5.91 Å². The normalized spacial score (nSPS) is 10.9. The van der Waals surface area contributed by atoms with E-state index in [1.54, 1.807) is 13.3 Å². The van der Waals surface area contributed by atoms with E-state index in [1.807, 2.05) is 42.5 Å². The van der Waals surface area contributed by atoms with Crippen LogP contribution in [0.15, 0.2) is 52.0 Å². The van der Waals surface area contributed by atoms with Crippen molar-refractivity contribution >= 4 is 28.1 Å². The summed E-state index contributed by atoms with van der Waals surface area (Å²) < 4.78 is 11.4. The number of amides is 1. The molecule has 0 heterocycles. The minimum absolute atomic E-state index is 0.0926. The van der Waals surface area contributed by atoms with Crippen LogP contribution in [0.5, 0.6) is 11.5 Å². The van der Waals surface area contributed by atoms with E-state index in [1.165, 1.54) is 5.56 Å². The summed E-state index contributed by atoms with van der Waals surface area (Å²) in [7, 11) is 1.60. The van der Waals surface area contributed by atoms with Gasteiger partial charge >= 0.3 is 0 Å². The average molecular weight is 405 g/mol. The van der Waals surface area contributed by atoms with Crippen molar-refractivity contribution in [1.29, 1.82) is 0 Å². The molecule has 1 amide bonds. The van der Waals surface area contributed by atoms with Crippen LogP contribution in [0.2, 0.25) is 0 Å². The van der Waals surface area contributed by atoms with Gasteiger partial charge in [-0.3, -0.25) is 4.79 Å². The number of nitrogens with one attached hydrogen (secondary N) is 1. The molecular weight excluding hydrogens is 384 g/mol. The fourth-order valence-electron chi connectivity index (χ4n) is 2.07. The smallest absolute Gasteiger partial charge is 0.277 e. The summed E-state index contributed by atoms with van der Waals surface area (Å²) in [6, 6.07) is 13.2. The minimum atomic E-state index is -0.322. The molecule has 1 N–H and O–H groups in total. The third-order valence-corrected chi connectivity index (χ3v) is 4.12. The van der Waals surface area contributed by atoms with E-state index in [4.69, 9.17) is 9.47 Å². The number of carbonyl (C=O) groups is 1. The standard InChI is InChI=1S/C19H21BrN2O3/c1-13(2)15-5-7-16(8-6-15)25-12-19(23)22-21-11-14-4-9-18(24-3)17(20)10-14/h4-11,13H,12H2,1-3H3,(H,22,23)/b21-11+. The fourth-order valence-corrected chi connectivity index (χ4v) is 2.63. The maximum Gasteiger partial charge on any atom is 0.277 e. The highest BCUT2D eigenvalue weighted by Gasteiger charge is 2.03. The van der Waals surface area contributed by atoms with E-state index < -0.39 is 0 Å². The number of benzene rings is 2. The van der Waals surface area contributed by atoms with E-state index in [0.29, 0.717) is 11.7 Å². The second-order valence-corrected chi connectivity index (χ2v) is 6.55. The molecule has 0 atom stereocenters. The molecule has 5 nitrogen and oxygen atoms in total. The van der Waals surface area contributed by atoms with Crippen LogP contribution in [0.1, 0.15) is 30.9 Å². The number of nitrogens with zero attached hydrogens (tertiary/aromatic N) is 1. The summed E-state index contributed by atoms with van der Waals surface area (Å²) in [5, 5.41) is 3.92. The number of rotatable bonds is 7. The molecule has 25 heavy (non-hydrogen) atoms. The van der Waals surface area contributed by atoms with Crippen LogP contribution in [0.25, 0.3) is 0 Å². The third kappa shape index (κ3) is 5.90. The molecule has 0 saturated heterocycles. The molecule has 0 aliphatic rings. The van der Waals surface area contributed by atoms with Gasteiger partial charge in [-0.2, -0.15) is 5.10 Å². The lowest BCUT2D eigenvalue weighted by Gasteiger charge is -2.08. The number of hydrogen-bond donors (Lipinski definition) is 1. The first-order valence-electron chi connectivity index (χ1n) is 7.88. The molecule has 0 bridgehead atoms. The zero-order valence-corrected chi connectivity index (χ0v) is 16.0. The van der Waals surface area contributed by atoms with Crippen molar-refractivity contribution in [1.82, 2.24) is 5.43 Å². The topological polar surface area (TPSA) is 59.9 Å². The van der Waals surface area contributed by atoms with Crippen LogP contribution in [0.4, 0.5) is 0 Å². The SMILES string of the molecule is COc1ccc(/C=N/NC(=O)COc2ccc(C(C)C)cc2)cc1Br. The van der Waals surface area contributed by atoms with Crippen LogP contribution in [0.3, 0.4) is 0 Å². The van der Waals surface area contributed by atoms with Gasteiger partial charge < -0.3 is 9.47 Å². The lowest BCUT2D eigenvalue weighted by atomic mass is 10.0. The molecule has 0 aliphatic carbocycles. The highest BCUT2D eigenvalue weighted by molar-refractivity contribution is 9.10. The maximum absolute atomic E-state index is 11.8. The first-order valence-corrected chi connectivity index (χ1v) is 8.67. The van der Waals surface area contributed by atoms with Crippen molar-refractivity contribution in [3.8, 4) is 11.5 Å². The second kappa shape index (κ2) is 9.22. The maximum atomic E-state index is 11.8. The zero-order valence-electron chi connectivity index (χ0n) is 14.5. The summed E-state index contributed by atoms with van der Waals surface area (Å²) in [4.78, 5) is 11.8. The summed E-state index contributed by atoms with van der Waals surface area (Å²) in [6.07, 6.45) is 1.56. The highest BCUT2D eigenvalue weighted by Crippen LogP contribution is 2.24. The molecule has 132 valence electrons. The Labute approximate surface area is 156 Å². The highest BCUT2D eigenvalue weighted by atomic mass is 79.9. The van der Waals surface area contributed by atoms with Gasteiger partial charge in [-0.15, -0.1) is 0 Å². The Morgan fingerprint density at radius 2 is 1.96 bits per heavy atom. The Morgan fingerprint density at radius 1 is 1.24 bits per heavy atom. The molecule has 0 fully saturated rings. The number of carbonyl (C=O) groups excluding carboxylic acids is 1. The molecular formula is C19H21BrN2O3.